The van der Waals surface area contributed by atoms with E-state index < -0.39 is 12.0 Å². The van der Waals surface area contributed by atoms with E-state index in [1.807, 2.05) is 12.1 Å². The molecule has 0 aliphatic heterocycles. The van der Waals surface area contributed by atoms with Crippen LogP contribution < -0.4 is 5.32 Å². The second-order valence-electron chi connectivity index (χ2n) is 6.36. The predicted molar refractivity (Wildman–Crippen MR) is 120 cm³/mol. The van der Waals surface area contributed by atoms with Gasteiger partial charge in [-0.25, -0.2) is 4.79 Å². The molecule has 3 aromatic heterocycles. The number of thiophene rings is 1. The number of anilines is 1. The van der Waals surface area contributed by atoms with Gasteiger partial charge in [-0.1, -0.05) is 29.3 Å². The quantitative estimate of drug-likeness (QED) is 0.319. The van der Waals surface area contributed by atoms with E-state index in [2.05, 4.69) is 22.8 Å². The molecule has 4 rings (SSSR count). The SMILES string of the molecule is Cc1ccc(C(Nc2cc(Cl)cc(Cl)c2)C(=O)O)o1.c1coc(Cc2cccs2)c1. The molecular weight excluding hydrogens is 445 g/mol. The molecule has 5 nitrogen and oxygen atoms in total. The molecule has 0 saturated heterocycles. The Kier molecular flexibility index (Phi) is 7.63. The molecule has 0 fully saturated rings. The molecule has 1 aromatic carbocycles. The Morgan fingerprint density at radius 3 is 2.43 bits per heavy atom. The number of halogens is 2. The van der Waals surface area contributed by atoms with Gasteiger partial charge in [0.25, 0.3) is 0 Å². The fourth-order valence-electron chi connectivity index (χ4n) is 2.67. The minimum absolute atomic E-state index is 0.320. The first kappa shape index (κ1) is 22.0. The van der Waals surface area contributed by atoms with Crippen molar-refractivity contribution in [1.29, 1.82) is 0 Å². The summed E-state index contributed by atoms with van der Waals surface area (Å²) in [4.78, 5) is 12.6. The third-order valence-electron chi connectivity index (χ3n) is 3.97. The lowest BCUT2D eigenvalue weighted by Gasteiger charge is -2.14. The summed E-state index contributed by atoms with van der Waals surface area (Å²) in [6.45, 7) is 1.75. The maximum Gasteiger partial charge on any atom is 0.334 e. The molecule has 4 aromatic rings. The highest BCUT2D eigenvalue weighted by molar-refractivity contribution is 7.09. The van der Waals surface area contributed by atoms with Crippen LogP contribution >= 0.6 is 34.5 Å². The average molecular weight is 464 g/mol. The second kappa shape index (κ2) is 10.4. The molecule has 1 atom stereocenters. The first-order chi connectivity index (χ1) is 14.4. The molecule has 0 saturated carbocycles. The maximum absolute atomic E-state index is 11.3. The molecule has 0 bridgehead atoms. The zero-order valence-electron chi connectivity index (χ0n) is 16.0. The number of hydrogen-bond donors (Lipinski definition) is 2. The molecular formula is C22H19Cl2NO4S. The number of benzene rings is 1. The van der Waals surface area contributed by atoms with Crippen LogP contribution in [0.25, 0.3) is 0 Å². The number of nitrogens with one attached hydrogen (secondary N) is 1. The van der Waals surface area contributed by atoms with Crippen molar-refractivity contribution >= 4 is 46.2 Å². The first-order valence-corrected chi connectivity index (χ1v) is 10.6. The van der Waals surface area contributed by atoms with Crippen molar-refractivity contribution in [2.24, 2.45) is 0 Å². The van der Waals surface area contributed by atoms with Gasteiger partial charge < -0.3 is 19.3 Å². The van der Waals surface area contributed by atoms with Crippen molar-refractivity contribution in [3.05, 3.63) is 98.4 Å². The predicted octanol–water partition coefficient (Wildman–Crippen LogP) is 7.06. The minimum atomic E-state index is -1.05. The highest BCUT2D eigenvalue weighted by Gasteiger charge is 2.23. The Hall–Kier alpha value is -2.67. The van der Waals surface area contributed by atoms with Crippen LogP contribution in [0.3, 0.4) is 0 Å². The monoisotopic (exact) mass is 463 g/mol. The topological polar surface area (TPSA) is 75.6 Å². The normalized spacial score (nSPS) is 11.4. The Balaban J connectivity index is 0.000000196. The van der Waals surface area contributed by atoms with E-state index in [4.69, 9.17) is 32.0 Å². The number of carboxylic acid groups (broad SMARTS) is 1. The van der Waals surface area contributed by atoms with Gasteiger partial charge in [0, 0.05) is 27.0 Å². The van der Waals surface area contributed by atoms with E-state index in [0.717, 1.165) is 12.2 Å². The number of hydrogen-bond acceptors (Lipinski definition) is 5. The summed E-state index contributed by atoms with van der Waals surface area (Å²) < 4.78 is 10.5. The van der Waals surface area contributed by atoms with Crippen LogP contribution in [0, 0.1) is 6.92 Å². The highest BCUT2D eigenvalue weighted by Crippen LogP contribution is 2.27. The van der Waals surface area contributed by atoms with E-state index in [1.165, 1.54) is 4.88 Å². The standard InChI is InChI=1S/C13H11Cl2NO3.C9H8OS/c1-7-2-3-11(19-7)12(13(17)18)16-10-5-8(14)4-9(15)6-10;1-3-8(10-5-1)7-9-4-2-6-11-9/h2-6,12,16H,1H3,(H,17,18);1-6H,7H2. The number of carboxylic acids is 1. The zero-order valence-corrected chi connectivity index (χ0v) is 18.3. The molecule has 8 heteroatoms. The van der Waals surface area contributed by atoms with Crippen molar-refractivity contribution in [2.75, 3.05) is 5.32 Å². The molecule has 30 heavy (non-hydrogen) atoms. The van der Waals surface area contributed by atoms with Crippen LogP contribution in [0.4, 0.5) is 5.69 Å². The van der Waals surface area contributed by atoms with E-state index in [-0.39, 0.29) is 0 Å². The first-order valence-electron chi connectivity index (χ1n) is 8.97. The van der Waals surface area contributed by atoms with Crippen molar-refractivity contribution in [2.45, 2.75) is 19.4 Å². The van der Waals surface area contributed by atoms with Gasteiger partial charge in [0.05, 0.1) is 6.26 Å². The summed E-state index contributed by atoms with van der Waals surface area (Å²) in [5.74, 6) is 0.950. The molecule has 1 unspecified atom stereocenters. The fourth-order valence-corrected chi connectivity index (χ4v) is 3.91. The third kappa shape index (κ3) is 6.42. The van der Waals surface area contributed by atoms with E-state index in [0.29, 0.717) is 27.3 Å². The van der Waals surface area contributed by atoms with Crippen LogP contribution in [-0.4, -0.2) is 11.1 Å². The summed E-state index contributed by atoms with van der Waals surface area (Å²) in [7, 11) is 0. The smallest absolute Gasteiger partial charge is 0.334 e. The van der Waals surface area contributed by atoms with Gasteiger partial charge in [0.2, 0.25) is 0 Å². The summed E-state index contributed by atoms with van der Waals surface area (Å²) in [5, 5.41) is 15.0. The number of carbonyl (C=O) groups is 1. The molecule has 0 aliphatic carbocycles. The van der Waals surface area contributed by atoms with Gasteiger partial charge in [0.1, 0.15) is 17.3 Å². The van der Waals surface area contributed by atoms with Crippen LogP contribution in [0.5, 0.6) is 0 Å². The third-order valence-corrected chi connectivity index (χ3v) is 5.29. The Morgan fingerprint density at radius 1 is 1.13 bits per heavy atom. The number of furan rings is 2. The van der Waals surface area contributed by atoms with Gasteiger partial charge >= 0.3 is 5.97 Å². The summed E-state index contributed by atoms with van der Waals surface area (Å²) in [6, 6.07) is 15.2. The zero-order chi connectivity index (χ0) is 21.5. The van der Waals surface area contributed by atoms with Crippen molar-refractivity contribution < 1.29 is 18.7 Å². The highest BCUT2D eigenvalue weighted by atomic mass is 35.5. The Morgan fingerprint density at radius 2 is 1.90 bits per heavy atom. The number of aryl methyl sites for hydroxylation is 1. The van der Waals surface area contributed by atoms with Gasteiger partial charge in [-0.3, -0.25) is 0 Å². The summed E-state index contributed by atoms with van der Waals surface area (Å²) in [5.41, 5.74) is 0.513. The lowest BCUT2D eigenvalue weighted by molar-refractivity contribution is -0.138. The molecule has 0 spiro atoms. The van der Waals surface area contributed by atoms with Gasteiger partial charge in [-0.05, 0) is 60.8 Å². The lowest BCUT2D eigenvalue weighted by atomic mass is 10.2. The van der Waals surface area contributed by atoms with Crippen LogP contribution in [-0.2, 0) is 11.2 Å². The number of rotatable bonds is 6. The maximum atomic E-state index is 11.3. The van der Waals surface area contributed by atoms with Gasteiger partial charge in [-0.15, -0.1) is 11.3 Å². The van der Waals surface area contributed by atoms with Crippen molar-refractivity contribution in [1.82, 2.24) is 0 Å². The molecule has 2 N–H and O–H groups in total. The van der Waals surface area contributed by atoms with Crippen LogP contribution in [0.1, 0.15) is 28.2 Å². The van der Waals surface area contributed by atoms with Gasteiger partial charge in [0.15, 0.2) is 6.04 Å². The van der Waals surface area contributed by atoms with E-state index in [1.54, 1.807) is 54.9 Å². The number of aliphatic carboxylic acids is 1. The van der Waals surface area contributed by atoms with Crippen molar-refractivity contribution in [3.63, 3.8) is 0 Å². The molecule has 0 aliphatic rings. The molecule has 156 valence electrons. The van der Waals surface area contributed by atoms with E-state index >= 15 is 0 Å². The second-order valence-corrected chi connectivity index (χ2v) is 8.26. The Labute approximate surface area is 187 Å². The van der Waals surface area contributed by atoms with Crippen molar-refractivity contribution in [3.8, 4) is 0 Å². The van der Waals surface area contributed by atoms with Crippen LogP contribution in [0.2, 0.25) is 10.0 Å². The summed E-state index contributed by atoms with van der Waals surface area (Å²) in [6.07, 6.45) is 2.63. The summed E-state index contributed by atoms with van der Waals surface area (Å²) >= 11 is 13.5. The minimum Gasteiger partial charge on any atom is -0.479 e. The fraction of sp³-hybridized carbons (Fsp3) is 0.136. The van der Waals surface area contributed by atoms with Gasteiger partial charge in [-0.2, -0.15) is 0 Å². The average Bonchev–Trinajstić information content (AvgIpc) is 3.43. The van der Waals surface area contributed by atoms with E-state index in [9.17, 15) is 9.90 Å². The lowest BCUT2D eigenvalue weighted by Crippen LogP contribution is -2.19. The largest absolute Gasteiger partial charge is 0.479 e. The van der Waals surface area contributed by atoms with Crippen LogP contribution in [0.15, 0.2) is 75.1 Å². The Bertz CT molecular complexity index is 1020. The molecule has 0 radical (unpaired) electrons. The molecule has 0 amide bonds. The molecule has 3 heterocycles.